The van der Waals surface area contributed by atoms with Crippen LogP contribution >= 0.6 is 11.8 Å². The minimum Gasteiger partial charge on any atom is -0.486 e. The maximum atomic E-state index is 12.4. The molecule has 1 N–H and O–H groups in total. The normalized spacial score (nSPS) is 12.2. The Labute approximate surface area is 201 Å². The second-order valence-corrected chi connectivity index (χ2v) is 8.59. The Morgan fingerprint density at radius 3 is 2.24 bits per heavy atom. The highest BCUT2D eigenvalue weighted by Crippen LogP contribution is 2.33. The number of benzene rings is 3. The van der Waals surface area contributed by atoms with Gasteiger partial charge in [-0.05, 0) is 12.1 Å². The number of hydrogen-bond acceptors (Lipinski definition) is 7. The molecule has 7 nitrogen and oxygen atoms in total. The minimum absolute atomic E-state index is 0.0960. The maximum absolute atomic E-state index is 12.4. The number of hydrogen-bond donors (Lipinski definition) is 1. The number of rotatable bonds is 7. The van der Waals surface area contributed by atoms with Gasteiger partial charge >= 0.3 is 0 Å². The molecule has 0 saturated carbocycles. The van der Waals surface area contributed by atoms with Gasteiger partial charge in [0.15, 0.2) is 11.5 Å². The molecule has 3 aromatic carbocycles. The predicted molar refractivity (Wildman–Crippen MR) is 132 cm³/mol. The second kappa shape index (κ2) is 10.4. The second-order valence-electron chi connectivity index (χ2n) is 7.53. The number of carbonyl (C=O) groups excluding carboxylic acids is 1. The van der Waals surface area contributed by atoms with E-state index in [4.69, 9.17) is 14.5 Å². The van der Waals surface area contributed by atoms with Crippen molar-refractivity contribution in [3.05, 3.63) is 78.9 Å². The summed E-state index contributed by atoms with van der Waals surface area (Å²) in [5.41, 5.74) is 4.10. The summed E-state index contributed by atoms with van der Waals surface area (Å²) in [6.45, 7) is 1.04. The summed E-state index contributed by atoms with van der Waals surface area (Å²) in [6, 6.07) is 25.2. The van der Waals surface area contributed by atoms with Crippen LogP contribution < -0.4 is 14.8 Å². The molecule has 0 atom stereocenters. The van der Waals surface area contributed by atoms with Gasteiger partial charge < -0.3 is 14.8 Å². The third-order valence-electron chi connectivity index (χ3n) is 5.15. The number of ether oxygens (including phenoxy) is 2. The molecule has 0 aliphatic carbocycles. The summed E-state index contributed by atoms with van der Waals surface area (Å²) in [6.07, 6.45) is 0.309. The quantitative estimate of drug-likeness (QED) is 0.376. The number of nitrogens with one attached hydrogen (secondary N) is 1. The molecule has 1 aliphatic heterocycles. The number of nitrogens with zero attached hydrogens (tertiary/aromatic N) is 3. The van der Waals surface area contributed by atoms with E-state index in [1.807, 2.05) is 60.7 Å². The number of anilines is 1. The van der Waals surface area contributed by atoms with Crippen LogP contribution in [0.25, 0.3) is 22.5 Å². The molecule has 2 heterocycles. The van der Waals surface area contributed by atoms with Crippen molar-refractivity contribution in [2.75, 3.05) is 24.3 Å². The van der Waals surface area contributed by atoms with Gasteiger partial charge in [0.25, 0.3) is 0 Å². The third kappa shape index (κ3) is 5.18. The van der Waals surface area contributed by atoms with Gasteiger partial charge in [-0.15, -0.1) is 10.2 Å². The zero-order valence-corrected chi connectivity index (χ0v) is 19.1. The van der Waals surface area contributed by atoms with Crippen LogP contribution in [0, 0.1) is 0 Å². The van der Waals surface area contributed by atoms with Crippen LogP contribution in [-0.4, -0.2) is 40.1 Å². The first-order valence-electron chi connectivity index (χ1n) is 10.9. The average molecular weight is 471 g/mol. The van der Waals surface area contributed by atoms with Crippen molar-refractivity contribution >= 4 is 23.4 Å². The number of aromatic nitrogens is 3. The fourth-order valence-electron chi connectivity index (χ4n) is 3.54. The van der Waals surface area contributed by atoms with Gasteiger partial charge in [0.2, 0.25) is 11.1 Å². The molecule has 34 heavy (non-hydrogen) atoms. The molecule has 5 rings (SSSR count). The predicted octanol–water partition coefficient (Wildman–Crippen LogP) is 5.10. The first-order valence-corrected chi connectivity index (χ1v) is 11.9. The Hall–Kier alpha value is -3.91. The van der Waals surface area contributed by atoms with Crippen LogP contribution in [0.15, 0.2) is 84.0 Å². The van der Waals surface area contributed by atoms with Crippen LogP contribution in [0.3, 0.4) is 0 Å². The Kier molecular flexibility index (Phi) is 6.67. The van der Waals surface area contributed by atoms with Crippen molar-refractivity contribution in [1.29, 1.82) is 0 Å². The van der Waals surface area contributed by atoms with Gasteiger partial charge in [0.1, 0.15) is 24.6 Å². The van der Waals surface area contributed by atoms with Gasteiger partial charge in [0, 0.05) is 35.1 Å². The summed E-state index contributed by atoms with van der Waals surface area (Å²) in [7, 11) is 0. The molecule has 1 aromatic heterocycles. The fourth-order valence-corrected chi connectivity index (χ4v) is 4.26. The molecule has 8 heteroatoms. The van der Waals surface area contributed by atoms with Gasteiger partial charge in [-0.2, -0.15) is 0 Å². The van der Waals surface area contributed by atoms with Crippen molar-refractivity contribution in [3.8, 4) is 34.0 Å². The van der Waals surface area contributed by atoms with Crippen LogP contribution in [0.1, 0.15) is 6.42 Å². The van der Waals surface area contributed by atoms with Crippen LogP contribution in [0.5, 0.6) is 11.5 Å². The van der Waals surface area contributed by atoms with E-state index in [0.717, 1.165) is 22.5 Å². The lowest BCUT2D eigenvalue weighted by Gasteiger charge is -2.19. The molecule has 1 aliphatic rings. The largest absolute Gasteiger partial charge is 0.486 e. The van der Waals surface area contributed by atoms with Crippen molar-refractivity contribution in [1.82, 2.24) is 15.2 Å². The summed E-state index contributed by atoms with van der Waals surface area (Å²) >= 11 is 1.40. The fraction of sp³-hybridized carbons (Fsp3) is 0.154. The van der Waals surface area contributed by atoms with E-state index in [-0.39, 0.29) is 5.91 Å². The summed E-state index contributed by atoms with van der Waals surface area (Å²) in [5, 5.41) is 12.2. The van der Waals surface area contributed by atoms with Crippen molar-refractivity contribution in [2.24, 2.45) is 0 Å². The monoisotopic (exact) mass is 470 g/mol. The van der Waals surface area contributed by atoms with Crippen molar-refractivity contribution < 1.29 is 14.3 Å². The molecule has 0 bridgehead atoms. The molecular weight excluding hydrogens is 448 g/mol. The van der Waals surface area contributed by atoms with Crippen molar-refractivity contribution in [2.45, 2.75) is 11.6 Å². The van der Waals surface area contributed by atoms with Crippen LogP contribution in [-0.2, 0) is 4.79 Å². The maximum Gasteiger partial charge on any atom is 0.225 e. The van der Waals surface area contributed by atoms with E-state index >= 15 is 0 Å². The minimum atomic E-state index is -0.0960. The van der Waals surface area contributed by atoms with Gasteiger partial charge in [-0.3, -0.25) is 4.79 Å². The van der Waals surface area contributed by atoms with E-state index in [1.165, 1.54) is 11.8 Å². The van der Waals surface area contributed by atoms with E-state index < -0.39 is 0 Å². The zero-order chi connectivity index (χ0) is 23.2. The standard InChI is InChI=1S/C26H22N4O3S/c31-23(27-20-11-12-21-22(17-20)33-15-14-32-21)13-16-34-26-28-24(18-7-3-1-4-8-18)25(29-30-26)19-9-5-2-6-10-19/h1-12,17H,13-16H2,(H,27,31). The van der Waals surface area contributed by atoms with Gasteiger partial charge in [-0.25, -0.2) is 4.98 Å². The van der Waals surface area contributed by atoms with Gasteiger partial charge in [0.05, 0.1) is 0 Å². The third-order valence-corrected chi connectivity index (χ3v) is 5.99. The zero-order valence-electron chi connectivity index (χ0n) is 18.3. The molecule has 4 aromatic rings. The number of fused-ring (bicyclic) bond motifs is 1. The van der Waals surface area contributed by atoms with Crippen LogP contribution in [0.4, 0.5) is 5.69 Å². The lowest BCUT2D eigenvalue weighted by molar-refractivity contribution is -0.115. The summed E-state index contributed by atoms with van der Waals surface area (Å²) in [5.74, 6) is 1.76. The molecule has 0 saturated heterocycles. The van der Waals surface area contributed by atoms with E-state index in [2.05, 4.69) is 15.5 Å². The smallest absolute Gasteiger partial charge is 0.225 e. The Balaban J connectivity index is 1.25. The lowest BCUT2D eigenvalue weighted by atomic mass is 10.0. The highest BCUT2D eigenvalue weighted by atomic mass is 32.2. The molecular formula is C26H22N4O3S. The van der Waals surface area contributed by atoms with Gasteiger partial charge in [-0.1, -0.05) is 72.4 Å². The number of carbonyl (C=O) groups is 1. The molecule has 0 unspecified atom stereocenters. The van der Waals surface area contributed by atoms with Crippen LogP contribution in [0.2, 0.25) is 0 Å². The number of thioether (sulfide) groups is 1. The van der Waals surface area contributed by atoms with E-state index in [1.54, 1.807) is 18.2 Å². The first kappa shape index (κ1) is 21.9. The first-order chi connectivity index (χ1) is 16.8. The summed E-state index contributed by atoms with van der Waals surface area (Å²) in [4.78, 5) is 17.2. The van der Waals surface area contributed by atoms with E-state index in [0.29, 0.717) is 47.7 Å². The van der Waals surface area contributed by atoms with E-state index in [9.17, 15) is 4.79 Å². The highest BCUT2D eigenvalue weighted by molar-refractivity contribution is 7.99. The Morgan fingerprint density at radius 1 is 0.824 bits per heavy atom. The average Bonchev–Trinajstić information content (AvgIpc) is 2.89. The molecule has 170 valence electrons. The molecule has 0 radical (unpaired) electrons. The highest BCUT2D eigenvalue weighted by Gasteiger charge is 2.15. The topological polar surface area (TPSA) is 86.2 Å². The molecule has 0 fully saturated rings. The summed E-state index contributed by atoms with van der Waals surface area (Å²) < 4.78 is 11.1. The SMILES string of the molecule is O=C(CCSc1nnc(-c2ccccc2)c(-c2ccccc2)n1)Nc1ccc2c(c1)OCCO2. The van der Waals surface area contributed by atoms with Crippen molar-refractivity contribution in [3.63, 3.8) is 0 Å². The molecule has 1 amide bonds. The Morgan fingerprint density at radius 2 is 1.50 bits per heavy atom. The lowest BCUT2D eigenvalue weighted by Crippen LogP contribution is -2.16. The molecule has 0 spiro atoms. The number of amides is 1. The Bertz CT molecular complexity index is 1290.